The van der Waals surface area contributed by atoms with Crippen molar-refractivity contribution in [3.63, 3.8) is 0 Å². The Balaban J connectivity index is 1.84. The number of carboxylic acid groups (broad SMARTS) is 1. The summed E-state index contributed by atoms with van der Waals surface area (Å²) in [4.78, 5) is 41.0. The highest BCUT2D eigenvalue weighted by Crippen LogP contribution is 2.50. The number of benzene rings is 2. The van der Waals surface area contributed by atoms with Crippen LogP contribution in [0.25, 0.3) is 10.8 Å². The molecule has 0 aliphatic carbocycles. The van der Waals surface area contributed by atoms with Crippen LogP contribution in [0.5, 0.6) is 0 Å². The minimum absolute atomic E-state index is 0.202. The van der Waals surface area contributed by atoms with Gasteiger partial charge in [-0.25, -0.2) is 4.79 Å². The fraction of sp³-hybridized carbons (Fsp3) is 0.321. The average Bonchev–Trinajstić information content (AvgIpc) is 2.99. The Labute approximate surface area is 199 Å². The van der Waals surface area contributed by atoms with Gasteiger partial charge in [0.15, 0.2) is 0 Å². The highest BCUT2D eigenvalue weighted by Gasteiger charge is 2.41. The van der Waals surface area contributed by atoms with Crippen LogP contribution in [0, 0.1) is 0 Å². The van der Waals surface area contributed by atoms with Crippen LogP contribution in [0.1, 0.15) is 46.1 Å². The van der Waals surface area contributed by atoms with E-state index in [0.29, 0.717) is 6.42 Å². The van der Waals surface area contributed by atoms with E-state index < -0.39 is 17.8 Å². The number of rotatable bonds is 5. The molecule has 176 valence electrons. The van der Waals surface area contributed by atoms with Crippen molar-refractivity contribution < 1.29 is 19.5 Å². The molecule has 2 amide bonds. The summed E-state index contributed by atoms with van der Waals surface area (Å²) in [6.45, 7) is 7.99. The first-order valence-corrected chi connectivity index (χ1v) is 11.6. The molecule has 2 heterocycles. The molecule has 0 radical (unpaired) electrons. The minimum Gasteiger partial charge on any atom is -0.477 e. The van der Waals surface area contributed by atoms with Crippen molar-refractivity contribution in [3.8, 4) is 0 Å². The Bertz CT molecular complexity index is 1310. The maximum absolute atomic E-state index is 13.2. The number of carbonyl (C=O) groups is 3. The quantitative estimate of drug-likeness (QED) is 0.390. The van der Waals surface area contributed by atoms with Gasteiger partial charge in [0.2, 0.25) is 0 Å². The monoisotopic (exact) mass is 458 g/mol. The number of aliphatic carboxylic acids is 1. The molecule has 0 fully saturated rings. The van der Waals surface area contributed by atoms with Gasteiger partial charge in [-0.05, 0) is 53.5 Å². The van der Waals surface area contributed by atoms with E-state index in [-0.39, 0.29) is 28.7 Å². The van der Waals surface area contributed by atoms with Crippen molar-refractivity contribution >= 4 is 34.2 Å². The lowest BCUT2D eigenvalue weighted by molar-refractivity contribution is -0.143. The zero-order valence-electron chi connectivity index (χ0n) is 20.3. The predicted molar refractivity (Wildman–Crippen MR) is 134 cm³/mol. The number of unbranched alkanes of at least 4 members (excludes halogenated alkanes) is 1. The molecule has 2 aliphatic heterocycles. The molecule has 6 heteroatoms. The molecule has 1 N–H and O–H groups in total. The van der Waals surface area contributed by atoms with Gasteiger partial charge in [-0.2, -0.15) is 0 Å². The first-order valence-electron chi connectivity index (χ1n) is 11.6. The molecule has 2 aliphatic rings. The number of hydrogen-bond acceptors (Lipinski definition) is 4. The fourth-order valence-corrected chi connectivity index (χ4v) is 5.15. The lowest BCUT2D eigenvalue weighted by atomic mass is 9.81. The van der Waals surface area contributed by atoms with Crippen molar-refractivity contribution in [2.24, 2.45) is 0 Å². The molecule has 6 nitrogen and oxygen atoms in total. The van der Waals surface area contributed by atoms with E-state index in [9.17, 15) is 19.5 Å². The number of anilines is 1. The molecule has 0 unspecified atom stereocenters. The fourth-order valence-electron chi connectivity index (χ4n) is 5.15. The van der Waals surface area contributed by atoms with E-state index in [2.05, 4.69) is 43.0 Å². The van der Waals surface area contributed by atoms with Crippen LogP contribution < -0.4 is 4.90 Å². The van der Waals surface area contributed by atoms with Crippen LogP contribution in [-0.2, 0) is 19.8 Å². The van der Waals surface area contributed by atoms with E-state index >= 15 is 0 Å². The Kier molecular flexibility index (Phi) is 5.94. The highest BCUT2D eigenvalue weighted by atomic mass is 16.4. The number of carboxylic acids is 1. The van der Waals surface area contributed by atoms with E-state index in [4.69, 9.17) is 0 Å². The zero-order valence-corrected chi connectivity index (χ0v) is 20.3. The number of imide groups is 1. The zero-order chi connectivity index (χ0) is 24.8. The number of amides is 2. The largest absolute Gasteiger partial charge is 0.477 e. The Morgan fingerprint density at radius 2 is 1.76 bits per heavy atom. The predicted octanol–water partition coefficient (Wildman–Crippen LogP) is 4.95. The van der Waals surface area contributed by atoms with E-state index in [0.717, 1.165) is 22.7 Å². The SMILES string of the molecule is CCCCN1C(=O)C(C(=O)O)=C(C)/C(=C/C=C2/N(C)c3ccc4ccccc4c3C2(C)C)C1=O. The normalized spacial score (nSPS) is 20.1. The summed E-state index contributed by atoms with van der Waals surface area (Å²) in [6.07, 6.45) is 4.97. The van der Waals surface area contributed by atoms with Crippen LogP contribution >= 0.6 is 0 Å². The Morgan fingerprint density at radius 3 is 2.44 bits per heavy atom. The third-order valence-electron chi connectivity index (χ3n) is 6.97. The van der Waals surface area contributed by atoms with Crippen molar-refractivity contribution in [3.05, 3.63) is 76.5 Å². The standard InChI is InChI=1S/C28H30N2O4/c1-6-7-16-30-25(31)19(17(2)23(26(30)32)27(33)34)13-15-22-28(3,4)24-20-11-9-8-10-18(20)12-14-21(24)29(22)5/h8-15H,6-7,16H2,1-5H3,(H,33,34)/b19-13-,22-15+. The molecule has 2 aromatic rings. The maximum atomic E-state index is 13.2. The highest BCUT2D eigenvalue weighted by molar-refractivity contribution is 6.26. The topological polar surface area (TPSA) is 77.9 Å². The van der Waals surface area contributed by atoms with Crippen LogP contribution in [0.3, 0.4) is 0 Å². The Morgan fingerprint density at radius 1 is 1.06 bits per heavy atom. The van der Waals surface area contributed by atoms with Crippen LogP contribution in [-0.4, -0.2) is 41.4 Å². The summed E-state index contributed by atoms with van der Waals surface area (Å²) in [5.74, 6) is -2.49. The number of carbonyl (C=O) groups excluding carboxylic acids is 2. The minimum atomic E-state index is -1.31. The summed E-state index contributed by atoms with van der Waals surface area (Å²) in [5, 5.41) is 12.0. The van der Waals surface area contributed by atoms with Crippen molar-refractivity contribution in [1.82, 2.24) is 4.90 Å². The summed E-state index contributed by atoms with van der Waals surface area (Å²) in [5.41, 5.74) is 3.06. The number of fused-ring (bicyclic) bond motifs is 3. The van der Waals surface area contributed by atoms with Gasteiger partial charge in [-0.1, -0.05) is 57.5 Å². The van der Waals surface area contributed by atoms with Gasteiger partial charge < -0.3 is 10.0 Å². The second-order valence-electron chi connectivity index (χ2n) is 9.42. The lowest BCUT2D eigenvalue weighted by Gasteiger charge is -2.28. The van der Waals surface area contributed by atoms with Crippen LogP contribution in [0.2, 0.25) is 0 Å². The number of allylic oxidation sites excluding steroid dienone is 3. The molecule has 4 rings (SSSR count). The molecule has 0 atom stereocenters. The summed E-state index contributed by atoms with van der Waals surface area (Å²) >= 11 is 0. The summed E-state index contributed by atoms with van der Waals surface area (Å²) in [7, 11) is 2.00. The van der Waals surface area contributed by atoms with E-state index in [1.807, 2.05) is 32.2 Å². The smallest absolute Gasteiger partial charge is 0.341 e. The third kappa shape index (κ3) is 3.54. The van der Waals surface area contributed by atoms with Crippen molar-refractivity contribution in [2.45, 2.75) is 46.0 Å². The average molecular weight is 459 g/mol. The van der Waals surface area contributed by atoms with Gasteiger partial charge >= 0.3 is 5.97 Å². The van der Waals surface area contributed by atoms with Gasteiger partial charge in [0.25, 0.3) is 11.8 Å². The molecule has 0 bridgehead atoms. The van der Waals surface area contributed by atoms with E-state index in [1.54, 1.807) is 6.08 Å². The number of likely N-dealkylation sites (N-methyl/N-ethyl adjacent to an activating group) is 1. The second kappa shape index (κ2) is 8.60. The number of hydrogen-bond donors (Lipinski definition) is 1. The molecule has 0 saturated heterocycles. The molecule has 0 aromatic heterocycles. The Hall–Kier alpha value is -3.67. The van der Waals surface area contributed by atoms with Crippen molar-refractivity contribution in [2.75, 3.05) is 18.5 Å². The molecular formula is C28H30N2O4. The lowest BCUT2D eigenvalue weighted by Crippen LogP contribution is -2.45. The first-order chi connectivity index (χ1) is 16.1. The molecule has 0 spiro atoms. The van der Waals surface area contributed by atoms with Gasteiger partial charge in [-0.15, -0.1) is 0 Å². The maximum Gasteiger partial charge on any atom is 0.341 e. The molecule has 34 heavy (non-hydrogen) atoms. The summed E-state index contributed by atoms with van der Waals surface area (Å²) < 4.78 is 0. The van der Waals surface area contributed by atoms with E-state index in [1.165, 1.54) is 23.3 Å². The molecule has 0 saturated carbocycles. The van der Waals surface area contributed by atoms with Crippen LogP contribution in [0.15, 0.2) is 71.0 Å². The van der Waals surface area contributed by atoms with Gasteiger partial charge in [0.1, 0.15) is 5.57 Å². The van der Waals surface area contributed by atoms with Gasteiger partial charge in [0, 0.05) is 36.0 Å². The number of nitrogens with zero attached hydrogens (tertiary/aromatic N) is 2. The van der Waals surface area contributed by atoms with Crippen LogP contribution in [0.4, 0.5) is 5.69 Å². The third-order valence-corrected chi connectivity index (χ3v) is 6.97. The second-order valence-corrected chi connectivity index (χ2v) is 9.42. The van der Waals surface area contributed by atoms with Gasteiger partial charge in [0.05, 0.1) is 0 Å². The summed E-state index contributed by atoms with van der Waals surface area (Å²) in [6, 6.07) is 12.5. The molecular weight excluding hydrogens is 428 g/mol. The molecule has 2 aromatic carbocycles. The van der Waals surface area contributed by atoms with Gasteiger partial charge in [-0.3, -0.25) is 14.5 Å². The first kappa shape index (κ1) is 23.5. The van der Waals surface area contributed by atoms with Crippen molar-refractivity contribution in [1.29, 1.82) is 0 Å².